The highest BCUT2D eigenvalue weighted by Crippen LogP contribution is 2.27. The van der Waals surface area contributed by atoms with Gasteiger partial charge in [0.2, 0.25) is 11.0 Å². The van der Waals surface area contributed by atoms with Crippen LogP contribution in [0.25, 0.3) is 5.69 Å². The van der Waals surface area contributed by atoms with Crippen LogP contribution in [0.2, 0.25) is 0 Å². The fraction of sp³-hybridized carbons (Fsp3) is 0.211. The van der Waals surface area contributed by atoms with Gasteiger partial charge in [0.15, 0.2) is 15.8 Å². The van der Waals surface area contributed by atoms with Gasteiger partial charge in [0.05, 0.1) is 24.2 Å². The molecule has 0 saturated heterocycles. The van der Waals surface area contributed by atoms with Gasteiger partial charge in [0, 0.05) is 6.54 Å². The fourth-order valence-corrected chi connectivity index (χ4v) is 3.92. The first-order chi connectivity index (χ1) is 15.0. The lowest BCUT2D eigenvalue weighted by molar-refractivity contribution is -0.118. The Kier molecular flexibility index (Phi) is 7.73. The van der Waals surface area contributed by atoms with Crippen LogP contribution >= 0.6 is 23.1 Å². The molecule has 162 valence electrons. The van der Waals surface area contributed by atoms with Crippen molar-refractivity contribution in [3.63, 3.8) is 0 Å². The van der Waals surface area contributed by atoms with Crippen molar-refractivity contribution in [2.75, 3.05) is 24.2 Å². The lowest BCUT2D eigenvalue weighted by Crippen LogP contribution is -2.24. The quantitative estimate of drug-likeness (QED) is 0.271. The average Bonchev–Trinajstić information content (AvgIpc) is 3.38. The highest BCUT2D eigenvalue weighted by atomic mass is 32.2. The first-order valence-electron chi connectivity index (χ1n) is 9.13. The molecule has 9 nitrogen and oxygen atoms in total. The number of amides is 2. The monoisotopic (exact) mass is 462 g/mol. The van der Waals surface area contributed by atoms with Gasteiger partial charge in [0.25, 0.3) is 5.91 Å². The van der Waals surface area contributed by atoms with E-state index in [1.807, 2.05) is 0 Å². The van der Waals surface area contributed by atoms with Crippen LogP contribution in [0.5, 0.6) is 5.75 Å². The Morgan fingerprint density at radius 2 is 2.10 bits per heavy atom. The average molecular weight is 463 g/mol. The third kappa shape index (κ3) is 6.12. The molecule has 2 N–H and O–H groups in total. The molecule has 0 radical (unpaired) electrons. The van der Waals surface area contributed by atoms with E-state index in [0.717, 1.165) is 11.3 Å². The summed E-state index contributed by atoms with van der Waals surface area (Å²) in [7, 11) is 0. The molecule has 0 aliphatic carbocycles. The van der Waals surface area contributed by atoms with Gasteiger partial charge in [0.1, 0.15) is 5.82 Å². The summed E-state index contributed by atoms with van der Waals surface area (Å²) >= 11 is 2.35. The predicted molar refractivity (Wildman–Crippen MR) is 116 cm³/mol. The largest absolute Gasteiger partial charge is 0.490 e. The van der Waals surface area contributed by atoms with E-state index in [1.165, 1.54) is 28.6 Å². The van der Waals surface area contributed by atoms with E-state index in [4.69, 9.17) is 4.74 Å². The molecule has 2 heterocycles. The highest BCUT2D eigenvalue weighted by molar-refractivity contribution is 8.01. The van der Waals surface area contributed by atoms with Crippen molar-refractivity contribution >= 4 is 40.0 Å². The summed E-state index contributed by atoms with van der Waals surface area (Å²) in [5.41, 5.74) is 0.630. The zero-order chi connectivity index (χ0) is 22.2. The number of anilines is 1. The van der Waals surface area contributed by atoms with Crippen LogP contribution in [-0.2, 0) is 4.79 Å². The second kappa shape index (κ2) is 10.7. The van der Waals surface area contributed by atoms with Gasteiger partial charge < -0.3 is 10.1 Å². The van der Waals surface area contributed by atoms with Gasteiger partial charge >= 0.3 is 0 Å². The Balaban J connectivity index is 1.68. The van der Waals surface area contributed by atoms with Crippen LogP contribution < -0.4 is 15.4 Å². The first kappa shape index (κ1) is 22.4. The molecule has 0 aliphatic heterocycles. The molecular formula is C19H19FN6O3S2. The summed E-state index contributed by atoms with van der Waals surface area (Å²) in [6.07, 6.45) is 3.14. The summed E-state index contributed by atoms with van der Waals surface area (Å²) < 4.78 is 20.7. The maximum absolute atomic E-state index is 13.2. The number of halogens is 1. The molecule has 0 fully saturated rings. The number of nitrogens with zero attached hydrogens (tertiary/aromatic N) is 4. The van der Waals surface area contributed by atoms with Gasteiger partial charge in [-0.25, -0.2) is 9.07 Å². The lowest BCUT2D eigenvalue weighted by atomic mass is 10.3. The Morgan fingerprint density at radius 3 is 2.81 bits per heavy atom. The Morgan fingerprint density at radius 1 is 1.32 bits per heavy atom. The second-order valence-electron chi connectivity index (χ2n) is 5.90. The standard InChI is InChI=1S/C19H19FN6O3S2/c1-3-9-21-15(27)11-30-19-24-23-18(31-19)22-17(28)16-14(29-4-2)10-26(25-16)13-7-5-12(20)6-8-13/h3,5-8,10H,1,4,9,11H2,2H3,(H,21,27)(H,22,23,28). The minimum absolute atomic E-state index is 0.0550. The molecule has 0 aliphatic rings. The van der Waals surface area contributed by atoms with E-state index in [9.17, 15) is 14.0 Å². The molecule has 0 saturated carbocycles. The number of ether oxygens (including phenoxy) is 1. The molecule has 3 aromatic rings. The van der Waals surface area contributed by atoms with Crippen LogP contribution in [0.4, 0.5) is 9.52 Å². The molecule has 12 heteroatoms. The van der Waals surface area contributed by atoms with Gasteiger partial charge in [-0.05, 0) is 31.2 Å². The van der Waals surface area contributed by atoms with Gasteiger partial charge in [-0.1, -0.05) is 29.2 Å². The van der Waals surface area contributed by atoms with Crippen LogP contribution in [0.1, 0.15) is 17.4 Å². The highest BCUT2D eigenvalue weighted by Gasteiger charge is 2.20. The number of nitrogens with one attached hydrogen (secondary N) is 2. The van der Waals surface area contributed by atoms with Crippen LogP contribution in [0.3, 0.4) is 0 Å². The smallest absolute Gasteiger partial charge is 0.281 e. The maximum Gasteiger partial charge on any atom is 0.281 e. The van der Waals surface area contributed by atoms with Gasteiger partial charge in [-0.2, -0.15) is 5.10 Å². The van der Waals surface area contributed by atoms with Gasteiger partial charge in [-0.3, -0.25) is 14.9 Å². The minimum atomic E-state index is -0.527. The van der Waals surface area contributed by atoms with Crippen molar-refractivity contribution in [2.45, 2.75) is 11.3 Å². The van der Waals surface area contributed by atoms with Crippen molar-refractivity contribution < 1.29 is 18.7 Å². The Bertz CT molecular complexity index is 1070. The van der Waals surface area contributed by atoms with Crippen molar-refractivity contribution in [1.82, 2.24) is 25.3 Å². The Hall–Kier alpha value is -3.25. The molecule has 0 unspecified atom stereocenters. The molecule has 0 bridgehead atoms. The number of rotatable bonds is 10. The summed E-state index contributed by atoms with van der Waals surface area (Å²) in [4.78, 5) is 24.4. The molecule has 31 heavy (non-hydrogen) atoms. The second-order valence-corrected chi connectivity index (χ2v) is 8.10. The summed E-state index contributed by atoms with van der Waals surface area (Å²) in [6, 6.07) is 5.68. The van der Waals surface area contributed by atoms with E-state index in [1.54, 1.807) is 31.3 Å². The molecule has 0 spiro atoms. The molecule has 0 atom stereocenters. The predicted octanol–water partition coefficient (Wildman–Crippen LogP) is 2.91. The number of benzene rings is 1. The molecule has 3 rings (SSSR count). The number of thioether (sulfide) groups is 1. The van der Waals surface area contributed by atoms with E-state index < -0.39 is 5.91 Å². The van der Waals surface area contributed by atoms with Crippen LogP contribution in [0, 0.1) is 5.82 Å². The number of hydrogen-bond acceptors (Lipinski definition) is 8. The van der Waals surface area contributed by atoms with Crippen molar-refractivity contribution in [1.29, 1.82) is 0 Å². The zero-order valence-electron chi connectivity index (χ0n) is 16.5. The SMILES string of the molecule is C=CCNC(=O)CSc1nnc(NC(=O)c2nn(-c3ccc(F)cc3)cc2OCC)s1. The topological polar surface area (TPSA) is 111 Å². The summed E-state index contributed by atoms with van der Waals surface area (Å²) in [5.74, 6) is -0.601. The van der Waals surface area contributed by atoms with Crippen molar-refractivity contribution in [3.8, 4) is 11.4 Å². The third-order valence-electron chi connectivity index (χ3n) is 3.68. The fourth-order valence-electron chi connectivity index (χ4n) is 2.34. The molecule has 2 amide bonds. The van der Waals surface area contributed by atoms with E-state index >= 15 is 0 Å². The maximum atomic E-state index is 13.2. The first-order valence-corrected chi connectivity index (χ1v) is 10.9. The lowest BCUT2D eigenvalue weighted by Gasteiger charge is -2.02. The van der Waals surface area contributed by atoms with E-state index in [0.29, 0.717) is 23.2 Å². The number of hydrogen-bond donors (Lipinski definition) is 2. The molecule has 2 aromatic heterocycles. The molecular weight excluding hydrogens is 443 g/mol. The van der Waals surface area contributed by atoms with E-state index in [-0.39, 0.29) is 34.1 Å². The third-order valence-corrected chi connectivity index (χ3v) is 5.66. The normalized spacial score (nSPS) is 10.5. The van der Waals surface area contributed by atoms with Crippen LogP contribution in [0.15, 0.2) is 47.5 Å². The van der Waals surface area contributed by atoms with E-state index in [2.05, 4.69) is 32.5 Å². The van der Waals surface area contributed by atoms with Crippen LogP contribution in [-0.4, -0.2) is 50.7 Å². The zero-order valence-corrected chi connectivity index (χ0v) is 18.1. The minimum Gasteiger partial charge on any atom is -0.490 e. The Labute approximate surface area is 185 Å². The number of carbonyl (C=O) groups excluding carboxylic acids is 2. The summed E-state index contributed by atoms with van der Waals surface area (Å²) in [6.45, 7) is 6.05. The summed E-state index contributed by atoms with van der Waals surface area (Å²) in [5, 5.41) is 17.7. The van der Waals surface area contributed by atoms with Crippen molar-refractivity contribution in [3.05, 3.63) is 54.6 Å². The van der Waals surface area contributed by atoms with Crippen molar-refractivity contribution in [2.24, 2.45) is 0 Å². The number of aromatic nitrogens is 4. The number of carbonyl (C=O) groups is 2. The van der Waals surface area contributed by atoms with Gasteiger partial charge in [-0.15, -0.1) is 16.8 Å². The molecule has 1 aromatic carbocycles.